The van der Waals surface area contributed by atoms with Gasteiger partial charge < -0.3 is 46.0 Å². The van der Waals surface area contributed by atoms with E-state index in [9.17, 15) is 29.4 Å². The summed E-state index contributed by atoms with van der Waals surface area (Å²) in [5.74, 6) is -0.247. The molecule has 1 spiro atoms. The number of phenolic OH excluding ortho intramolecular Hbond substituents is 1. The molecule has 0 bridgehead atoms. The van der Waals surface area contributed by atoms with E-state index in [0.717, 1.165) is 85.2 Å². The lowest BCUT2D eigenvalue weighted by Gasteiger charge is -2.47. The third-order valence-electron chi connectivity index (χ3n) is 14.2. The van der Waals surface area contributed by atoms with Crippen LogP contribution in [0.25, 0.3) is 21.7 Å². The Hall–Kier alpha value is -5.65. The van der Waals surface area contributed by atoms with Crippen LogP contribution in [0, 0.1) is 12.3 Å². The van der Waals surface area contributed by atoms with Gasteiger partial charge in [-0.1, -0.05) is 95.7 Å². The predicted octanol–water partition coefficient (Wildman–Crippen LogP) is 7.33. The lowest BCUT2D eigenvalue weighted by atomic mass is 9.85. The van der Waals surface area contributed by atoms with Gasteiger partial charge in [-0.2, -0.15) is 0 Å². The maximum absolute atomic E-state index is 14.1. The molecule has 2 aromatic heterocycles. The van der Waals surface area contributed by atoms with Crippen LogP contribution in [0.3, 0.4) is 0 Å². The molecule has 17 heteroatoms. The topological polar surface area (TPSA) is 216 Å². The number of amides is 4. The summed E-state index contributed by atoms with van der Waals surface area (Å²) in [4.78, 5) is 65.4. The predicted molar refractivity (Wildman–Crippen MR) is 273 cm³/mol. The first-order valence-electron chi connectivity index (χ1n) is 25.2. The second kappa shape index (κ2) is 23.5. The highest BCUT2D eigenvalue weighted by Gasteiger charge is 2.45. The molecule has 378 valence electrons. The van der Waals surface area contributed by atoms with Crippen LogP contribution in [0.2, 0.25) is 0 Å². The van der Waals surface area contributed by atoms with E-state index in [4.69, 9.17) is 10.5 Å². The molecule has 4 amide bonds. The number of piperidine rings is 1. The number of hydrogen-bond acceptors (Lipinski definition) is 13. The molecule has 0 saturated carbocycles. The lowest BCUT2D eigenvalue weighted by Crippen LogP contribution is -2.58. The van der Waals surface area contributed by atoms with Gasteiger partial charge in [-0.25, -0.2) is 4.98 Å². The molecule has 0 radical (unpaired) electrons. The molecular weight excluding hydrogens is 907 g/mol. The lowest BCUT2D eigenvalue weighted by molar-refractivity contribution is -0.154. The van der Waals surface area contributed by atoms with E-state index in [2.05, 4.69) is 30.7 Å². The number of morpholine rings is 1. The number of rotatable bonds is 19. The zero-order valence-electron chi connectivity index (χ0n) is 41.6. The molecule has 16 nitrogen and oxygen atoms in total. The number of aliphatic hydroxyl groups excluding tert-OH is 1. The average molecular weight is 980 g/mol. The summed E-state index contributed by atoms with van der Waals surface area (Å²) in [5, 5.41) is 35.5. The van der Waals surface area contributed by atoms with Crippen molar-refractivity contribution in [3.63, 3.8) is 0 Å². The summed E-state index contributed by atoms with van der Waals surface area (Å²) >= 11 is 1.58. The van der Waals surface area contributed by atoms with Crippen molar-refractivity contribution in [2.45, 2.75) is 148 Å². The summed E-state index contributed by atoms with van der Waals surface area (Å²) in [6.07, 6.45) is 9.23. The van der Waals surface area contributed by atoms with Crippen LogP contribution in [-0.4, -0.2) is 122 Å². The second-order valence-corrected chi connectivity index (χ2v) is 21.4. The number of aliphatic hydroxyl groups is 1. The number of nitrogens with zero attached hydrogens (tertiary/aromatic N) is 6. The largest absolute Gasteiger partial charge is 0.507 e. The third-order valence-corrected chi connectivity index (χ3v) is 15.2. The van der Waals surface area contributed by atoms with E-state index in [1.165, 1.54) is 4.90 Å². The van der Waals surface area contributed by atoms with Crippen LogP contribution in [0.4, 0.5) is 11.5 Å². The van der Waals surface area contributed by atoms with E-state index in [1.807, 2.05) is 81.4 Å². The van der Waals surface area contributed by atoms with Crippen molar-refractivity contribution >= 4 is 46.5 Å². The summed E-state index contributed by atoms with van der Waals surface area (Å²) in [6.45, 7) is 12.7. The highest BCUT2D eigenvalue weighted by atomic mass is 32.1. The number of likely N-dealkylation sites (tertiary alicyclic amines) is 1. The molecule has 3 aliphatic rings. The average Bonchev–Trinajstić information content (AvgIpc) is 3.96. The SMILES string of the molecule is Cc1ncsc1-c1ccc(C(C)NC(=O)[C@@H]2C[C@@H](O)CN2C(=O)C(NC(=O)CCCCCCCCCCC(=O)N2CCOC3(CCN(c4cc(-c5ccccc5O)nnc4N)CC3)C2)C(C)(C)C)cc1. The number of thiazole rings is 1. The van der Waals surface area contributed by atoms with E-state index < -0.39 is 23.6 Å². The maximum Gasteiger partial charge on any atom is 0.246 e. The number of nitrogens with one attached hydrogen (secondary N) is 2. The summed E-state index contributed by atoms with van der Waals surface area (Å²) in [5.41, 5.74) is 12.0. The summed E-state index contributed by atoms with van der Waals surface area (Å²) in [6, 6.07) is 14.9. The van der Waals surface area contributed by atoms with Gasteiger partial charge in [0.2, 0.25) is 23.6 Å². The van der Waals surface area contributed by atoms with Crippen LogP contribution < -0.4 is 21.3 Å². The van der Waals surface area contributed by atoms with Gasteiger partial charge in [-0.15, -0.1) is 21.5 Å². The number of nitrogens with two attached hydrogens (primary N) is 1. The third kappa shape index (κ3) is 13.2. The van der Waals surface area contributed by atoms with E-state index in [0.29, 0.717) is 69.1 Å². The molecule has 70 heavy (non-hydrogen) atoms. The first kappa shape index (κ1) is 52.2. The summed E-state index contributed by atoms with van der Waals surface area (Å²) < 4.78 is 6.35. The number of carbonyl (C=O) groups excluding carboxylic acids is 4. The number of nitrogen functional groups attached to an aromatic ring is 1. The smallest absolute Gasteiger partial charge is 0.246 e. The Bertz CT molecular complexity index is 2420. The number of anilines is 2. The van der Waals surface area contributed by atoms with Gasteiger partial charge in [0.15, 0.2) is 5.82 Å². The van der Waals surface area contributed by atoms with Crippen molar-refractivity contribution in [1.29, 1.82) is 0 Å². The van der Waals surface area contributed by atoms with Crippen molar-refractivity contribution < 1.29 is 34.1 Å². The van der Waals surface area contributed by atoms with Crippen molar-refractivity contribution in [3.05, 3.63) is 71.4 Å². The number of ether oxygens (including phenoxy) is 1. The number of unbranched alkanes of at least 4 members (excludes halogenated alkanes) is 7. The Morgan fingerprint density at radius 1 is 0.914 bits per heavy atom. The molecule has 2 unspecified atom stereocenters. The zero-order chi connectivity index (χ0) is 50.0. The molecule has 2 aromatic carbocycles. The fraction of sp³-hybridized carbons (Fsp3) is 0.566. The van der Waals surface area contributed by atoms with Crippen molar-refractivity contribution in [3.8, 4) is 27.4 Å². The van der Waals surface area contributed by atoms with Crippen LogP contribution in [0.15, 0.2) is 60.1 Å². The van der Waals surface area contributed by atoms with Crippen molar-refractivity contribution in [2.24, 2.45) is 5.41 Å². The van der Waals surface area contributed by atoms with Crippen LogP contribution in [0.5, 0.6) is 5.75 Å². The van der Waals surface area contributed by atoms with Crippen LogP contribution in [0.1, 0.15) is 128 Å². The fourth-order valence-electron chi connectivity index (χ4n) is 10.0. The number of β-amino-alcohol motifs (C(OH)–C–C–N with tert-alkyl or cyclic N) is 1. The van der Waals surface area contributed by atoms with E-state index >= 15 is 0 Å². The zero-order valence-corrected chi connectivity index (χ0v) is 42.4. The molecule has 3 saturated heterocycles. The molecular formula is C53H73N9O7S. The number of aromatic nitrogens is 3. The molecule has 4 atom stereocenters. The van der Waals surface area contributed by atoms with Gasteiger partial charge in [-0.05, 0) is 74.3 Å². The Balaban J connectivity index is 0.768. The molecule has 7 rings (SSSR count). The highest BCUT2D eigenvalue weighted by molar-refractivity contribution is 7.13. The van der Waals surface area contributed by atoms with Gasteiger partial charge in [0, 0.05) is 57.5 Å². The number of hydrogen-bond donors (Lipinski definition) is 5. The Morgan fingerprint density at radius 3 is 2.24 bits per heavy atom. The van der Waals surface area contributed by atoms with Gasteiger partial charge in [0.1, 0.15) is 17.8 Å². The number of aryl methyl sites for hydroxylation is 1. The molecule has 0 aliphatic carbocycles. The second-order valence-electron chi connectivity index (χ2n) is 20.6. The minimum atomic E-state index is -0.862. The first-order chi connectivity index (χ1) is 33.5. The maximum atomic E-state index is 14.1. The minimum absolute atomic E-state index is 0.0244. The Labute approximate surface area is 416 Å². The quantitative estimate of drug-likeness (QED) is 0.0584. The Kier molecular flexibility index (Phi) is 17.5. The van der Waals surface area contributed by atoms with Crippen molar-refractivity contribution in [1.82, 2.24) is 35.6 Å². The van der Waals surface area contributed by atoms with E-state index in [1.54, 1.807) is 29.5 Å². The first-order valence-corrected chi connectivity index (χ1v) is 26.1. The van der Waals surface area contributed by atoms with Gasteiger partial charge in [0.05, 0.1) is 51.8 Å². The fourth-order valence-corrected chi connectivity index (χ4v) is 10.8. The number of para-hydroxylation sites is 1. The number of aromatic hydroxyl groups is 1. The standard InChI is InChI=1S/C53H73N9O7S/c1-35(37-20-22-38(23-21-37)47-36(2)55-34-70-47)56-50(67)43-30-39(63)32-62(43)51(68)48(52(3,4)5)57-45(65)18-12-10-8-6-7-9-11-13-19-46(66)61-28-29-69-53(33-61)24-26-60(27-25-53)42-31-41(58-59-49(42)54)40-16-14-15-17-44(40)64/h14-17,20-23,31,34-35,39,43,48,63-64H,6-13,18-19,24-30,32-33H2,1-5H3,(H2,54,59)(H,56,67)(H,57,65)/t35?,39-,43+,48?/m1/s1. The number of phenols is 1. The van der Waals surface area contributed by atoms with Crippen LogP contribution in [-0.2, 0) is 23.9 Å². The van der Waals surface area contributed by atoms with Crippen molar-refractivity contribution in [2.75, 3.05) is 50.0 Å². The highest BCUT2D eigenvalue weighted by Crippen LogP contribution is 2.37. The molecule has 5 heterocycles. The Morgan fingerprint density at radius 2 is 1.59 bits per heavy atom. The monoisotopic (exact) mass is 980 g/mol. The minimum Gasteiger partial charge on any atom is -0.507 e. The molecule has 3 fully saturated rings. The number of carbonyl (C=O) groups is 4. The normalized spacial score (nSPS) is 19.0. The molecule has 3 aliphatic heterocycles. The summed E-state index contributed by atoms with van der Waals surface area (Å²) in [7, 11) is 0. The number of benzene rings is 2. The molecule has 4 aromatic rings. The van der Waals surface area contributed by atoms with Crippen LogP contribution >= 0.6 is 11.3 Å². The van der Waals surface area contributed by atoms with Gasteiger partial charge >= 0.3 is 0 Å². The molecule has 6 N–H and O–H groups in total. The van der Waals surface area contributed by atoms with Gasteiger partial charge in [-0.3, -0.25) is 19.2 Å². The van der Waals surface area contributed by atoms with E-state index in [-0.39, 0.29) is 54.0 Å². The van der Waals surface area contributed by atoms with Gasteiger partial charge in [0.25, 0.3) is 0 Å².